The summed E-state index contributed by atoms with van der Waals surface area (Å²) in [4.78, 5) is 22.0. The Morgan fingerprint density at radius 3 is 2.14 bits per heavy atom. The molecule has 2 aromatic carbocycles. The van der Waals surface area contributed by atoms with Gasteiger partial charge < -0.3 is 15.2 Å². The second-order valence-corrected chi connectivity index (χ2v) is 10.7. The quantitative estimate of drug-likeness (QED) is 0.359. The maximum Gasteiger partial charge on any atom is 0.347 e. The number of carbonyl (C=O) groups excluding carboxylic acids is 1. The Balaban J connectivity index is 0.000000292. The lowest BCUT2D eigenvalue weighted by Crippen LogP contribution is -2.38. The van der Waals surface area contributed by atoms with E-state index in [1.165, 1.54) is 44.1 Å². The van der Waals surface area contributed by atoms with Crippen LogP contribution in [0.1, 0.15) is 90.7 Å². The molecule has 3 rings (SSSR count). The van der Waals surface area contributed by atoms with Crippen LogP contribution in [0, 0.1) is 12.8 Å². The van der Waals surface area contributed by atoms with Crippen LogP contribution in [0.25, 0.3) is 0 Å². The summed E-state index contributed by atoms with van der Waals surface area (Å²) in [6.45, 7) is 11.2. The van der Waals surface area contributed by atoms with Gasteiger partial charge in [-0.1, -0.05) is 94.6 Å². The van der Waals surface area contributed by atoms with E-state index in [1.807, 2.05) is 25.1 Å². The number of amides is 1. The smallest absolute Gasteiger partial charge is 0.347 e. The first-order valence-corrected chi connectivity index (χ1v) is 14.0. The predicted octanol–water partition coefficient (Wildman–Crippen LogP) is 9.12. The van der Waals surface area contributed by atoms with Gasteiger partial charge in [-0.25, -0.2) is 4.79 Å². The average molecular weight is 553 g/mol. The zero-order valence-corrected chi connectivity index (χ0v) is 24.6. The van der Waals surface area contributed by atoms with Gasteiger partial charge in [0, 0.05) is 11.4 Å². The second kappa shape index (κ2) is 16.6. The van der Waals surface area contributed by atoms with Crippen LogP contribution in [0.4, 0.5) is 5.69 Å². The Hall–Kier alpha value is -2.24. The second-order valence-electron chi connectivity index (χ2n) is 9.81. The number of benzene rings is 2. The van der Waals surface area contributed by atoms with Crippen molar-refractivity contribution < 1.29 is 19.4 Å². The number of aliphatic carboxylic acids is 1. The molecule has 0 unspecified atom stereocenters. The first-order chi connectivity index (χ1) is 17.4. The zero-order chi connectivity index (χ0) is 28.0. The Morgan fingerprint density at radius 2 is 1.68 bits per heavy atom. The summed E-state index contributed by atoms with van der Waals surface area (Å²) >= 11 is 11.5. The summed E-state index contributed by atoms with van der Waals surface area (Å²) in [5.74, 6) is 0.684. The van der Waals surface area contributed by atoms with Gasteiger partial charge in [-0.2, -0.15) is 0 Å². The van der Waals surface area contributed by atoms with Crippen LogP contribution in [-0.4, -0.2) is 22.6 Å². The molecule has 0 aromatic heterocycles. The number of hydrogen-bond acceptors (Lipinski definition) is 3. The lowest BCUT2D eigenvalue weighted by molar-refractivity contribution is -0.152. The van der Waals surface area contributed by atoms with Crippen LogP contribution in [0.15, 0.2) is 36.4 Å². The van der Waals surface area contributed by atoms with Crippen LogP contribution in [-0.2, 0) is 16.0 Å². The number of anilines is 1. The third-order valence-electron chi connectivity index (χ3n) is 6.36. The Morgan fingerprint density at radius 1 is 1.03 bits per heavy atom. The summed E-state index contributed by atoms with van der Waals surface area (Å²) in [5.41, 5.74) is 1.59. The fraction of sp³-hybridized carbons (Fsp3) is 0.533. The van der Waals surface area contributed by atoms with Gasteiger partial charge in [0.25, 0.3) is 0 Å². The number of ether oxygens (including phenoxy) is 1. The van der Waals surface area contributed by atoms with Gasteiger partial charge in [-0.3, -0.25) is 4.79 Å². The highest BCUT2D eigenvalue weighted by Gasteiger charge is 2.29. The number of halogens is 2. The predicted molar refractivity (Wildman–Crippen MR) is 155 cm³/mol. The molecule has 1 aliphatic carbocycles. The molecule has 0 atom stereocenters. The molecule has 0 aliphatic heterocycles. The molecule has 0 heterocycles. The van der Waals surface area contributed by atoms with Crippen LogP contribution in [0.3, 0.4) is 0 Å². The van der Waals surface area contributed by atoms with E-state index in [9.17, 15) is 9.59 Å². The Kier molecular flexibility index (Phi) is 14.7. The molecule has 1 amide bonds. The van der Waals surface area contributed by atoms with Gasteiger partial charge in [0.05, 0.1) is 10.7 Å². The van der Waals surface area contributed by atoms with Crippen molar-refractivity contribution in [1.82, 2.24) is 0 Å². The van der Waals surface area contributed by atoms with Gasteiger partial charge >= 0.3 is 5.97 Å². The number of hydrogen-bond donors (Lipinski definition) is 2. The fourth-order valence-corrected chi connectivity index (χ4v) is 4.25. The van der Waals surface area contributed by atoms with Crippen molar-refractivity contribution in [3.63, 3.8) is 0 Å². The van der Waals surface area contributed by atoms with E-state index >= 15 is 0 Å². The largest absolute Gasteiger partial charge is 0.478 e. The molecule has 206 valence electrons. The maximum atomic E-state index is 11.0. The first kappa shape index (κ1) is 32.8. The third kappa shape index (κ3) is 12.2. The standard InChI is InChI=1S/C13H18O3.C9H9Cl2NO.C8H16/c1-5-10-6-7-11(9(2)8-10)16-13(3,4)12(14)15;1-2-9(13)12-8-4-3-6(10)5-7(8)11;1-2-8-6-4-3-5-7-8/h6-8H,5H2,1-4H3,(H,14,15);3-5H,2H2,1H3,(H,12,13);8H,2-7H2,1H3. The molecule has 1 aliphatic rings. The number of carboxylic acid groups (broad SMARTS) is 1. The van der Waals surface area contributed by atoms with Crippen LogP contribution in [0.5, 0.6) is 5.75 Å². The summed E-state index contributed by atoms with van der Waals surface area (Å²) in [6.07, 6.45) is 10.3. The molecule has 0 saturated heterocycles. The van der Waals surface area contributed by atoms with Gasteiger partial charge in [0.15, 0.2) is 5.60 Å². The van der Waals surface area contributed by atoms with Crippen molar-refractivity contribution in [2.75, 3.05) is 5.32 Å². The zero-order valence-electron chi connectivity index (χ0n) is 23.1. The Labute approximate surface area is 232 Å². The SMILES string of the molecule is CCC(=O)Nc1ccc(Cl)cc1Cl.CCC1CCCCC1.CCc1ccc(OC(C)(C)C(=O)O)c(C)c1. The van der Waals surface area contributed by atoms with Crippen molar-refractivity contribution in [2.45, 2.75) is 98.5 Å². The van der Waals surface area contributed by atoms with E-state index in [-0.39, 0.29) is 5.91 Å². The van der Waals surface area contributed by atoms with Crippen LogP contribution in [0.2, 0.25) is 10.0 Å². The van der Waals surface area contributed by atoms with Crippen molar-refractivity contribution in [2.24, 2.45) is 5.92 Å². The van der Waals surface area contributed by atoms with Crippen LogP contribution >= 0.6 is 23.2 Å². The lowest BCUT2D eigenvalue weighted by Gasteiger charge is -2.22. The average Bonchev–Trinajstić information content (AvgIpc) is 2.88. The lowest BCUT2D eigenvalue weighted by atomic mass is 9.88. The van der Waals surface area contributed by atoms with E-state index in [0.717, 1.165) is 17.9 Å². The summed E-state index contributed by atoms with van der Waals surface area (Å²) in [7, 11) is 0. The third-order valence-corrected chi connectivity index (χ3v) is 6.90. The molecule has 0 bridgehead atoms. The molecule has 2 N–H and O–H groups in total. The molecule has 5 nitrogen and oxygen atoms in total. The molecular weight excluding hydrogens is 509 g/mol. The minimum atomic E-state index is -1.20. The topological polar surface area (TPSA) is 75.6 Å². The summed E-state index contributed by atoms with van der Waals surface area (Å²) in [6, 6.07) is 10.8. The Bertz CT molecular complexity index is 1000. The molecule has 2 aromatic rings. The van der Waals surface area contributed by atoms with E-state index < -0.39 is 11.6 Å². The minimum absolute atomic E-state index is 0.0655. The van der Waals surface area contributed by atoms with E-state index in [2.05, 4.69) is 19.2 Å². The minimum Gasteiger partial charge on any atom is -0.478 e. The summed E-state index contributed by atoms with van der Waals surface area (Å²) < 4.78 is 5.49. The number of rotatable bonds is 7. The molecule has 1 fully saturated rings. The van der Waals surface area contributed by atoms with Crippen molar-refractivity contribution in [3.8, 4) is 5.75 Å². The highest BCUT2D eigenvalue weighted by atomic mass is 35.5. The highest BCUT2D eigenvalue weighted by Crippen LogP contribution is 2.26. The molecular formula is C30H43Cl2NO4. The van der Waals surface area contributed by atoms with Crippen molar-refractivity contribution >= 4 is 40.8 Å². The molecule has 1 saturated carbocycles. The summed E-state index contributed by atoms with van der Waals surface area (Å²) in [5, 5.41) is 12.6. The molecule has 7 heteroatoms. The number of carbonyl (C=O) groups is 2. The maximum absolute atomic E-state index is 11.0. The van der Waals surface area contributed by atoms with Gasteiger partial charge in [-0.15, -0.1) is 0 Å². The van der Waals surface area contributed by atoms with Crippen molar-refractivity contribution in [1.29, 1.82) is 0 Å². The van der Waals surface area contributed by atoms with E-state index in [0.29, 0.717) is 27.9 Å². The van der Waals surface area contributed by atoms with Gasteiger partial charge in [-0.05, 0) is 68.5 Å². The first-order valence-electron chi connectivity index (χ1n) is 13.2. The number of nitrogens with one attached hydrogen (secondary N) is 1. The van der Waals surface area contributed by atoms with E-state index in [1.54, 1.807) is 39.0 Å². The molecule has 0 spiro atoms. The van der Waals surface area contributed by atoms with E-state index in [4.69, 9.17) is 33.0 Å². The monoisotopic (exact) mass is 551 g/mol. The van der Waals surface area contributed by atoms with Crippen molar-refractivity contribution in [3.05, 3.63) is 57.6 Å². The van der Waals surface area contributed by atoms with Crippen LogP contribution < -0.4 is 10.1 Å². The molecule has 37 heavy (non-hydrogen) atoms. The molecule has 0 radical (unpaired) electrons. The highest BCUT2D eigenvalue weighted by molar-refractivity contribution is 6.36. The van der Waals surface area contributed by atoms with Gasteiger partial charge in [0.1, 0.15) is 5.75 Å². The fourth-order valence-electron chi connectivity index (χ4n) is 3.79. The number of aryl methyl sites for hydroxylation is 2. The normalized spacial score (nSPS) is 13.4. The van der Waals surface area contributed by atoms with Gasteiger partial charge in [0.2, 0.25) is 5.91 Å². The number of carboxylic acids is 1.